The number of rotatable bonds is 7. The molecule has 0 aliphatic heterocycles. The third-order valence-electron chi connectivity index (χ3n) is 4.24. The van der Waals surface area contributed by atoms with Crippen LogP contribution in [0.2, 0.25) is 0 Å². The SMILES string of the molecule is CSc1ccc(CC(=O)Nc2nnc(Cc3ccc(C(C)C)cc3)o2)cc1. The van der Waals surface area contributed by atoms with E-state index in [-0.39, 0.29) is 18.3 Å². The number of carbonyl (C=O) groups is 1. The van der Waals surface area contributed by atoms with Crippen molar-refractivity contribution in [3.63, 3.8) is 0 Å². The molecule has 0 unspecified atom stereocenters. The van der Waals surface area contributed by atoms with Gasteiger partial charge < -0.3 is 4.42 Å². The molecule has 0 saturated carbocycles. The molecular formula is C21H23N3O2S. The minimum atomic E-state index is -0.177. The highest BCUT2D eigenvalue weighted by Crippen LogP contribution is 2.18. The molecule has 6 heteroatoms. The summed E-state index contributed by atoms with van der Waals surface area (Å²) in [5, 5.41) is 10.6. The first-order chi connectivity index (χ1) is 13.0. The van der Waals surface area contributed by atoms with Crippen molar-refractivity contribution in [3.05, 3.63) is 71.1 Å². The summed E-state index contributed by atoms with van der Waals surface area (Å²) in [6.07, 6.45) is 2.83. The number of thioether (sulfide) groups is 1. The second-order valence-corrected chi connectivity index (χ2v) is 7.53. The van der Waals surface area contributed by atoms with Gasteiger partial charge in [0.05, 0.1) is 12.8 Å². The molecule has 3 aromatic rings. The van der Waals surface area contributed by atoms with Crippen molar-refractivity contribution >= 4 is 23.7 Å². The van der Waals surface area contributed by atoms with Gasteiger partial charge in [-0.3, -0.25) is 10.1 Å². The average Bonchev–Trinajstić information content (AvgIpc) is 3.09. The summed E-state index contributed by atoms with van der Waals surface area (Å²) < 4.78 is 5.55. The van der Waals surface area contributed by atoms with E-state index in [4.69, 9.17) is 4.42 Å². The lowest BCUT2D eigenvalue weighted by atomic mass is 10.0. The Labute approximate surface area is 163 Å². The quantitative estimate of drug-likeness (QED) is 0.602. The van der Waals surface area contributed by atoms with Crippen LogP contribution in [0.1, 0.15) is 42.3 Å². The number of hydrogen-bond acceptors (Lipinski definition) is 5. The average molecular weight is 382 g/mol. The standard InChI is InChI=1S/C21H23N3O2S/c1-14(2)17-8-4-16(5-9-17)13-20-23-24-21(26-20)22-19(25)12-15-6-10-18(27-3)11-7-15/h4-11,14H,12-13H2,1-3H3,(H,22,24,25). The van der Waals surface area contributed by atoms with Gasteiger partial charge in [-0.1, -0.05) is 55.3 Å². The highest BCUT2D eigenvalue weighted by atomic mass is 32.2. The first kappa shape index (κ1) is 19.2. The van der Waals surface area contributed by atoms with Crippen molar-refractivity contribution in [1.29, 1.82) is 0 Å². The molecule has 1 heterocycles. The Morgan fingerprint density at radius 2 is 1.70 bits per heavy atom. The van der Waals surface area contributed by atoms with Gasteiger partial charge in [-0.15, -0.1) is 16.9 Å². The van der Waals surface area contributed by atoms with Crippen LogP contribution in [0, 0.1) is 0 Å². The van der Waals surface area contributed by atoms with E-state index in [9.17, 15) is 4.79 Å². The van der Waals surface area contributed by atoms with E-state index >= 15 is 0 Å². The van der Waals surface area contributed by atoms with Gasteiger partial charge >= 0.3 is 6.01 Å². The second-order valence-electron chi connectivity index (χ2n) is 6.65. The molecule has 1 amide bonds. The summed E-state index contributed by atoms with van der Waals surface area (Å²) >= 11 is 1.67. The van der Waals surface area contributed by atoms with Gasteiger partial charge in [0.25, 0.3) is 0 Å². The molecule has 5 nitrogen and oxygen atoms in total. The lowest BCUT2D eigenvalue weighted by Gasteiger charge is -2.05. The van der Waals surface area contributed by atoms with E-state index in [0.29, 0.717) is 18.2 Å². The number of aromatic nitrogens is 2. The molecule has 27 heavy (non-hydrogen) atoms. The van der Waals surface area contributed by atoms with Gasteiger partial charge in [0, 0.05) is 4.90 Å². The van der Waals surface area contributed by atoms with Gasteiger partial charge in [0.1, 0.15) is 0 Å². The number of anilines is 1. The first-order valence-electron chi connectivity index (χ1n) is 8.87. The fourth-order valence-electron chi connectivity index (χ4n) is 2.66. The molecule has 0 saturated heterocycles. The van der Waals surface area contributed by atoms with Crippen molar-refractivity contribution in [3.8, 4) is 0 Å². The van der Waals surface area contributed by atoms with E-state index in [2.05, 4.69) is 53.6 Å². The Morgan fingerprint density at radius 1 is 1.04 bits per heavy atom. The van der Waals surface area contributed by atoms with E-state index in [1.165, 1.54) is 10.5 Å². The lowest BCUT2D eigenvalue weighted by Crippen LogP contribution is -2.14. The van der Waals surface area contributed by atoms with Crippen LogP contribution in [0.15, 0.2) is 57.8 Å². The minimum Gasteiger partial charge on any atom is -0.407 e. The van der Waals surface area contributed by atoms with E-state index < -0.39 is 0 Å². The Kier molecular flexibility index (Phi) is 6.29. The Balaban J connectivity index is 1.55. The Hall–Kier alpha value is -2.60. The zero-order valence-corrected chi connectivity index (χ0v) is 16.5. The molecule has 3 rings (SSSR count). The number of hydrogen-bond donors (Lipinski definition) is 1. The van der Waals surface area contributed by atoms with Gasteiger partial charge in [0.2, 0.25) is 11.8 Å². The molecular weight excluding hydrogens is 358 g/mol. The summed E-state index contributed by atoms with van der Waals surface area (Å²) in [5.74, 6) is 0.802. The highest BCUT2D eigenvalue weighted by Gasteiger charge is 2.11. The van der Waals surface area contributed by atoms with Crippen molar-refractivity contribution in [1.82, 2.24) is 10.2 Å². The van der Waals surface area contributed by atoms with Crippen molar-refractivity contribution in [2.45, 2.75) is 37.5 Å². The number of amides is 1. The minimum absolute atomic E-state index is 0.134. The van der Waals surface area contributed by atoms with Crippen LogP contribution in [0.25, 0.3) is 0 Å². The molecule has 0 atom stereocenters. The van der Waals surface area contributed by atoms with Gasteiger partial charge in [-0.25, -0.2) is 0 Å². The maximum absolute atomic E-state index is 12.2. The zero-order chi connectivity index (χ0) is 19.2. The Morgan fingerprint density at radius 3 is 2.33 bits per heavy atom. The molecule has 0 fully saturated rings. The van der Waals surface area contributed by atoms with Crippen LogP contribution < -0.4 is 5.32 Å². The zero-order valence-electron chi connectivity index (χ0n) is 15.7. The van der Waals surface area contributed by atoms with E-state index in [0.717, 1.165) is 11.1 Å². The largest absolute Gasteiger partial charge is 0.407 e. The second kappa shape index (κ2) is 8.86. The topological polar surface area (TPSA) is 68.0 Å². The lowest BCUT2D eigenvalue weighted by molar-refractivity contribution is -0.115. The van der Waals surface area contributed by atoms with Crippen LogP contribution in [-0.2, 0) is 17.6 Å². The van der Waals surface area contributed by atoms with Crippen LogP contribution >= 0.6 is 11.8 Å². The summed E-state index contributed by atoms with van der Waals surface area (Å²) in [7, 11) is 0. The molecule has 1 N–H and O–H groups in total. The summed E-state index contributed by atoms with van der Waals surface area (Å²) in [5.41, 5.74) is 3.33. The summed E-state index contributed by atoms with van der Waals surface area (Å²) in [6.45, 7) is 4.33. The fraction of sp³-hybridized carbons (Fsp3) is 0.286. The Bertz CT molecular complexity index is 887. The third-order valence-corrected chi connectivity index (χ3v) is 4.98. The van der Waals surface area contributed by atoms with Gasteiger partial charge in [-0.2, -0.15) is 0 Å². The summed E-state index contributed by atoms with van der Waals surface area (Å²) in [4.78, 5) is 13.3. The van der Waals surface area contributed by atoms with Crippen LogP contribution in [-0.4, -0.2) is 22.4 Å². The molecule has 0 radical (unpaired) electrons. The maximum atomic E-state index is 12.2. The maximum Gasteiger partial charge on any atom is 0.322 e. The van der Waals surface area contributed by atoms with E-state index in [1.54, 1.807) is 11.8 Å². The van der Waals surface area contributed by atoms with Crippen LogP contribution in [0.3, 0.4) is 0 Å². The van der Waals surface area contributed by atoms with Gasteiger partial charge in [-0.05, 0) is 41.0 Å². The van der Waals surface area contributed by atoms with Gasteiger partial charge in [0.15, 0.2) is 0 Å². The number of carbonyl (C=O) groups excluding carboxylic acids is 1. The smallest absolute Gasteiger partial charge is 0.322 e. The molecule has 0 aliphatic rings. The van der Waals surface area contributed by atoms with E-state index in [1.807, 2.05) is 30.5 Å². The number of nitrogens with one attached hydrogen (secondary N) is 1. The van der Waals surface area contributed by atoms with Crippen LogP contribution in [0.4, 0.5) is 6.01 Å². The molecule has 2 aromatic carbocycles. The van der Waals surface area contributed by atoms with Crippen molar-refractivity contribution in [2.24, 2.45) is 0 Å². The first-order valence-corrected chi connectivity index (χ1v) is 10.1. The normalized spacial score (nSPS) is 11.0. The molecule has 1 aromatic heterocycles. The molecule has 0 spiro atoms. The third kappa shape index (κ3) is 5.44. The monoisotopic (exact) mass is 381 g/mol. The fourth-order valence-corrected chi connectivity index (χ4v) is 3.07. The number of benzene rings is 2. The highest BCUT2D eigenvalue weighted by molar-refractivity contribution is 7.98. The molecule has 0 bridgehead atoms. The predicted octanol–water partition coefficient (Wildman–Crippen LogP) is 4.69. The van der Waals surface area contributed by atoms with Crippen molar-refractivity contribution in [2.75, 3.05) is 11.6 Å². The predicted molar refractivity (Wildman–Crippen MR) is 108 cm³/mol. The molecule has 0 aliphatic carbocycles. The molecule has 140 valence electrons. The summed E-state index contributed by atoms with van der Waals surface area (Å²) in [6, 6.07) is 16.4. The van der Waals surface area contributed by atoms with Crippen LogP contribution in [0.5, 0.6) is 0 Å². The van der Waals surface area contributed by atoms with Crippen molar-refractivity contribution < 1.29 is 9.21 Å². The number of nitrogens with zero attached hydrogens (tertiary/aromatic N) is 2.